The first-order valence-corrected chi connectivity index (χ1v) is 18.7. The second kappa shape index (κ2) is 14.8. The van der Waals surface area contributed by atoms with Crippen molar-refractivity contribution in [2.45, 2.75) is 24.7 Å². The van der Waals surface area contributed by atoms with E-state index in [4.69, 9.17) is 4.42 Å². The Labute approximate surface area is 303 Å². The summed E-state index contributed by atoms with van der Waals surface area (Å²) >= 11 is 0. The number of carboxylic acid groups (broad SMARTS) is 1. The van der Waals surface area contributed by atoms with Crippen LogP contribution in [0.25, 0.3) is 11.0 Å². The van der Waals surface area contributed by atoms with E-state index in [9.17, 15) is 23.1 Å². The Hall–Kier alpha value is -5.87. The quantitative estimate of drug-likeness (QED) is 0.149. The summed E-state index contributed by atoms with van der Waals surface area (Å²) in [5, 5.41) is 10.0. The Morgan fingerprint density at radius 3 is 2.12 bits per heavy atom. The summed E-state index contributed by atoms with van der Waals surface area (Å²) in [6.07, 6.45) is 1.13. The lowest BCUT2D eigenvalue weighted by Gasteiger charge is -2.38. The molecule has 1 amide bonds. The molecular weight excluding hydrogens is 675 g/mol. The van der Waals surface area contributed by atoms with Gasteiger partial charge in [-0.3, -0.25) is 9.10 Å². The number of carboxylic acids is 1. The van der Waals surface area contributed by atoms with Gasteiger partial charge in [0, 0.05) is 49.2 Å². The number of hydrogen-bond acceptors (Lipinski definition) is 6. The maximum Gasteiger partial charge on any atom is 0.372 e. The van der Waals surface area contributed by atoms with Gasteiger partial charge < -0.3 is 19.3 Å². The van der Waals surface area contributed by atoms with Crippen molar-refractivity contribution in [1.82, 2.24) is 4.90 Å². The highest BCUT2D eigenvalue weighted by Gasteiger charge is 2.31. The molecule has 1 saturated heterocycles. The van der Waals surface area contributed by atoms with Crippen LogP contribution in [0.5, 0.6) is 0 Å². The van der Waals surface area contributed by atoms with E-state index in [0.717, 1.165) is 22.4 Å². The molecule has 1 aromatic heterocycles. The number of carbonyl (C=O) groups is 2. The Kier molecular flexibility index (Phi) is 9.82. The van der Waals surface area contributed by atoms with E-state index in [2.05, 4.69) is 17.0 Å². The Morgan fingerprint density at radius 1 is 0.769 bits per heavy atom. The van der Waals surface area contributed by atoms with Gasteiger partial charge in [-0.25, -0.2) is 13.2 Å². The molecule has 1 aliphatic heterocycles. The van der Waals surface area contributed by atoms with Crippen molar-refractivity contribution in [2.24, 2.45) is 0 Å². The van der Waals surface area contributed by atoms with Gasteiger partial charge in [0.2, 0.25) is 5.76 Å². The largest absolute Gasteiger partial charge is 0.475 e. The van der Waals surface area contributed by atoms with E-state index < -0.39 is 16.0 Å². The summed E-state index contributed by atoms with van der Waals surface area (Å²) < 4.78 is 36.3. The van der Waals surface area contributed by atoms with E-state index in [1.165, 1.54) is 22.5 Å². The van der Waals surface area contributed by atoms with Crippen LogP contribution in [0.1, 0.15) is 43.2 Å². The van der Waals surface area contributed by atoms with Gasteiger partial charge in [0.1, 0.15) is 5.58 Å². The zero-order valence-electron chi connectivity index (χ0n) is 28.8. The summed E-state index contributed by atoms with van der Waals surface area (Å²) in [4.78, 5) is 29.7. The molecule has 0 atom stereocenters. The van der Waals surface area contributed by atoms with Crippen LogP contribution in [0, 0.1) is 6.92 Å². The number of furan rings is 1. The predicted molar refractivity (Wildman–Crippen MR) is 203 cm³/mol. The molecule has 6 aromatic rings. The van der Waals surface area contributed by atoms with Crippen LogP contribution in [0.2, 0.25) is 0 Å². The minimum absolute atomic E-state index is 0.0116. The van der Waals surface area contributed by atoms with Gasteiger partial charge in [0.25, 0.3) is 15.9 Å². The summed E-state index contributed by atoms with van der Waals surface area (Å²) in [5.41, 5.74) is 5.76. The number of sulfonamides is 1. The Bertz CT molecular complexity index is 2330. The van der Waals surface area contributed by atoms with Gasteiger partial charge in [0.15, 0.2) is 0 Å². The maximum atomic E-state index is 14.7. The molecule has 1 fully saturated rings. The van der Waals surface area contributed by atoms with Gasteiger partial charge in [-0.1, -0.05) is 91.0 Å². The number of amides is 1. The molecule has 0 spiro atoms. The van der Waals surface area contributed by atoms with Gasteiger partial charge in [-0.15, -0.1) is 0 Å². The summed E-state index contributed by atoms with van der Waals surface area (Å²) in [5.74, 6) is -1.44. The smallest absolute Gasteiger partial charge is 0.372 e. The molecule has 0 radical (unpaired) electrons. The zero-order chi connectivity index (χ0) is 36.2. The first-order valence-electron chi connectivity index (χ1n) is 17.3. The highest BCUT2D eigenvalue weighted by Crippen LogP contribution is 2.36. The van der Waals surface area contributed by atoms with Crippen molar-refractivity contribution in [1.29, 1.82) is 0 Å². The molecule has 0 saturated carbocycles. The van der Waals surface area contributed by atoms with Crippen molar-refractivity contribution in [3.63, 3.8) is 0 Å². The predicted octanol–water partition coefficient (Wildman–Crippen LogP) is 7.43. The minimum Gasteiger partial charge on any atom is -0.475 e. The third-order valence-corrected chi connectivity index (χ3v) is 11.5. The van der Waals surface area contributed by atoms with Crippen LogP contribution in [-0.4, -0.2) is 63.0 Å². The van der Waals surface area contributed by atoms with E-state index in [-0.39, 0.29) is 23.1 Å². The molecule has 0 bridgehead atoms. The fourth-order valence-corrected chi connectivity index (χ4v) is 8.41. The average molecular weight is 714 g/mol. The highest BCUT2D eigenvalue weighted by atomic mass is 32.2. The summed E-state index contributed by atoms with van der Waals surface area (Å²) in [6.45, 7) is 3.78. The minimum atomic E-state index is -4.14. The zero-order valence-corrected chi connectivity index (χ0v) is 29.6. The van der Waals surface area contributed by atoms with Crippen LogP contribution in [0.3, 0.4) is 0 Å². The number of anilines is 2. The molecule has 9 nitrogen and oxygen atoms in total. The number of fused-ring (bicyclic) bond motifs is 1. The Balaban J connectivity index is 1.17. The fraction of sp³-hybridized carbons (Fsp3) is 0.190. The highest BCUT2D eigenvalue weighted by molar-refractivity contribution is 7.92. The first kappa shape index (κ1) is 34.6. The summed E-state index contributed by atoms with van der Waals surface area (Å²) in [6, 6.07) is 39.5. The second-order valence-corrected chi connectivity index (χ2v) is 14.8. The normalized spacial score (nSPS) is 13.3. The van der Waals surface area contributed by atoms with Crippen LogP contribution in [-0.2, 0) is 22.9 Å². The molecule has 7 rings (SSSR count). The van der Waals surface area contributed by atoms with Crippen molar-refractivity contribution < 1.29 is 27.5 Å². The molecule has 0 aliphatic carbocycles. The Morgan fingerprint density at radius 2 is 1.40 bits per heavy atom. The average Bonchev–Trinajstić information content (AvgIpc) is 3.51. The number of aryl methyl sites for hydroxylation is 1. The number of carbonyl (C=O) groups excluding carboxylic acids is 1. The molecule has 1 aliphatic rings. The lowest BCUT2D eigenvalue weighted by atomic mass is 9.99. The van der Waals surface area contributed by atoms with Crippen molar-refractivity contribution in [2.75, 3.05) is 41.9 Å². The van der Waals surface area contributed by atoms with Crippen LogP contribution < -0.4 is 9.21 Å². The molecular formula is C42H39N3O6S. The van der Waals surface area contributed by atoms with Gasteiger partial charge >= 0.3 is 5.97 Å². The molecule has 0 unspecified atom stereocenters. The summed E-state index contributed by atoms with van der Waals surface area (Å²) in [7, 11) is -4.14. The van der Waals surface area contributed by atoms with Crippen molar-refractivity contribution >= 4 is 44.2 Å². The monoisotopic (exact) mass is 713 g/mol. The molecule has 1 N–H and O–H groups in total. The van der Waals surface area contributed by atoms with Crippen LogP contribution in [0.15, 0.2) is 137 Å². The number of nitrogens with zero attached hydrogens (tertiary/aromatic N) is 3. The third kappa shape index (κ3) is 7.02. The van der Waals surface area contributed by atoms with Crippen molar-refractivity contribution in [3.8, 4) is 0 Å². The number of piperazine rings is 1. The van der Waals surface area contributed by atoms with Crippen LogP contribution in [0.4, 0.5) is 11.4 Å². The molecule has 2 heterocycles. The lowest BCUT2D eigenvalue weighted by molar-refractivity contribution is 0.0663. The van der Waals surface area contributed by atoms with E-state index >= 15 is 0 Å². The first-order chi connectivity index (χ1) is 25.2. The van der Waals surface area contributed by atoms with Crippen LogP contribution >= 0.6 is 0 Å². The van der Waals surface area contributed by atoms with Gasteiger partial charge in [-0.2, -0.15) is 0 Å². The van der Waals surface area contributed by atoms with Crippen molar-refractivity contribution in [3.05, 3.63) is 161 Å². The van der Waals surface area contributed by atoms with E-state index in [0.29, 0.717) is 66.8 Å². The van der Waals surface area contributed by atoms with Gasteiger partial charge in [-0.05, 0) is 72.9 Å². The molecule has 10 heteroatoms. The third-order valence-electron chi connectivity index (χ3n) is 9.68. The molecule has 52 heavy (non-hydrogen) atoms. The topological polar surface area (TPSA) is 111 Å². The number of rotatable bonds is 11. The standard InChI is InChI=1S/C42H39N3O6S/c1-30-36-29-34(20-21-39(36)51-40(30)42(47)48)52(49,50)45(23-22-31-12-4-2-5-13-31)38-19-11-10-18-37(38)43-24-26-44(27-25-43)41(46)35-17-9-8-16-33(35)28-32-14-6-3-7-15-32/h2-21,29H,22-28H2,1H3,(H,47,48). The van der Waals surface area contributed by atoms with E-state index in [1.807, 2.05) is 102 Å². The maximum absolute atomic E-state index is 14.7. The number of benzene rings is 5. The SMILES string of the molecule is Cc1c(C(=O)O)oc2ccc(S(=O)(=O)N(CCc3ccccc3)c3ccccc3N3CCN(C(=O)c4ccccc4Cc4ccccc4)CC3)cc12. The fourth-order valence-electron chi connectivity index (χ4n) is 6.90. The number of aromatic carboxylic acids is 1. The molecule has 264 valence electrons. The molecule has 5 aromatic carbocycles. The van der Waals surface area contributed by atoms with Gasteiger partial charge in [0.05, 0.1) is 16.3 Å². The number of para-hydroxylation sites is 2. The second-order valence-electron chi connectivity index (χ2n) is 12.9. The number of hydrogen-bond donors (Lipinski definition) is 1. The van der Waals surface area contributed by atoms with E-state index in [1.54, 1.807) is 6.92 Å². The lowest BCUT2D eigenvalue weighted by Crippen LogP contribution is -2.49.